The molecule has 0 aromatic heterocycles. The molecule has 2 fully saturated rings. The highest BCUT2D eigenvalue weighted by Gasteiger charge is 2.39. The van der Waals surface area contributed by atoms with Crippen LogP contribution >= 0.6 is 0 Å². The second-order valence-corrected chi connectivity index (χ2v) is 7.62. The molecule has 0 spiro atoms. The first-order valence-electron chi connectivity index (χ1n) is 10.2. The van der Waals surface area contributed by atoms with Gasteiger partial charge >= 0.3 is 0 Å². The predicted octanol–water partition coefficient (Wildman–Crippen LogP) is 1.23. The van der Waals surface area contributed by atoms with Gasteiger partial charge in [0, 0.05) is 45.3 Å². The van der Waals surface area contributed by atoms with E-state index in [1.54, 1.807) is 7.11 Å². The molecule has 2 aliphatic heterocycles. The average molecular weight is 377 g/mol. The summed E-state index contributed by atoms with van der Waals surface area (Å²) >= 11 is 0. The Bertz CT molecular complexity index is 616. The highest BCUT2D eigenvalue weighted by Crippen LogP contribution is 2.37. The first-order valence-corrected chi connectivity index (χ1v) is 10.2. The summed E-state index contributed by atoms with van der Waals surface area (Å²) in [6, 6.07) is 0.158. The number of rotatable bonds is 9. The van der Waals surface area contributed by atoms with Crippen LogP contribution in [0.3, 0.4) is 0 Å². The predicted molar refractivity (Wildman–Crippen MR) is 101 cm³/mol. The quantitative estimate of drug-likeness (QED) is 0.613. The van der Waals surface area contributed by atoms with Crippen molar-refractivity contribution in [3.63, 3.8) is 0 Å². The minimum Gasteiger partial charge on any atom is -0.383 e. The molecular weight excluding hydrogens is 346 g/mol. The van der Waals surface area contributed by atoms with Gasteiger partial charge < -0.3 is 19.9 Å². The highest BCUT2D eigenvalue weighted by molar-refractivity contribution is 6.02. The van der Waals surface area contributed by atoms with Crippen molar-refractivity contribution in [2.75, 3.05) is 39.9 Å². The lowest BCUT2D eigenvalue weighted by Crippen LogP contribution is -2.39. The van der Waals surface area contributed by atoms with Crippen LogP contribution in [0.2, 0.25) is 0 Å². The molecule has 1 atom stereocenters. The molecule has 7 heteroatoms. The zero-order chi connectivity index (χ0) is 19.2. The summed E-state index contributed by atoms with van der Waals surface area (Å²) in [4.78, 5) is 40.6. The van der Waals surface area contributed by atoms with Crippen molar-refractivity contribution in [3.8, 4) is 0 Å². The normalized spacial score (nSPS) is 22.6. The number of carbonyl (C=O) groups excluding carboxylic acids is 3. The Kier molecular flexibility index (Phi) is 6.88. The van der Waals surface area contributed by atoms with E-state index in [0.717, 1.165) is 45.1 Å². The van der Waals surface area contributed by atoms with Crippen molar-refractivity contribution in [2.24, 2.45) is 0 Å². The molecule has 0 bridgehead atoms. The van der Waals surface area contributed by atoms with Gasteiger partial charge in [-0.1, -0.05) is 6.42 Å². The van der Waals surface area contributed by atoms with E-state index in [-0.39, 0.29) is 30.2 Å². The fourth-order valence-corrected chi connectivity index (χ4v) is 4.44. The molecule has 1 unspecified atom stereocenters. The van der Waals surface area contributed by atoms with E-state index in [4.69, 9.17) is 4.74 Å². The Hall–Kier alpha value is -1.89. The van der Waals surface area contributed by atoms with Crippen LogP contribution in [0.4, 0.5) is 0 Å². The van der Waals surface area contributed by atoms with Gasteiger partial charge in [-0.15, -0.1) is 0 Å². The Balaban J connectivity index is 1.49. The topological polar surface area (TPSA) is 79.0 Å². The van der Waals surface area contributed by atoms with Crippen LogP contribution < -0.4 is 5.32 Å². The van der Waals surface area contributed by atoms with Gasteiger partial charge in [0.05, 0.1) is 19.1 Å². The van der Waals surface area contributed by atoms with Crippen molar-refractivity contribution < 1.29 is 19.1 Å². The lowest BCUT2D eigenvalue weighted by atomic mass is 9.88. The van der Waals surface area contributed by atoms with Crippen LogP contribution in [0.1, 0.15) is 51.4 Å². The molecule has 3 rings (SSSR count). The van der Waals surface area contributed by atoms with Crippen molar-refractivity contribution in [3.05, 3.63) is 11.1 Å². The summed E-state index contributed by atoms with van der Waals surface area (Å²) in [5, 5.41) is 2.92. The Morgan fingerprint density at radius 2 is 2.04 bits per heavy atom. The number of carbonyl (C=O) groups is 3. The van der Waals surface area contributed by atoms with E-state index in [1.165, 1.54) is 5.57 Å². The van der Waals surface area contributed by atoms with E-state index >= 15 is 0 Å². The number of amides is 3. The van der Waals surface area contributed by atoms with Crippen molar-refractivity contribution in [1.29, 1.82) is 0 Å². The Morgan fingerprint density at radius 3 is 2.78 bits per heavy atom. The third-order valence-electron chi connectivity index (χ3n) is 5.83. The van der Waals surface area contributed by atoms with Crippen LogP contribution in [0.15, 0.2) is 11.1 Å². The molecule has 0 aromatic carbocycles. The lowest BCUT2D eigenvalue weighted by molar-refractivity contribution is -0.129. The molecule has 3 amide bonds. The van der Waals surface area contributed by atoms with Crippen molar-refractivity contribution >= 4 is 17.7 Å². The summed E-state index contributed by atoms with van der Waals surface area (Å²) in [5.74, 6) is 0.118. The summed E-state index contributed by atoms with van der Waals surface area (Å²) in [7, 11) is 1.64. The number of fused-ring (bicyclic) bond motifs is 1. The molecule has 150 valence electrons. The molecule has 1 aliphatic carbocycles. The minimum atomic E-state index is -0.100. The molecule has 1 saturated carbocycles. The summed E-state index contributed by atoms with van der Waals surface area (Å²) in [5.41, 5.74) is 1.86. The van der Waals surface area contributed by atoms with Crippen LogP contribution in [0.5, 0.6) is 0 Å². The van der Waals surface area contributed by atoms with Crippen LogP contribution in [-0.2, 0) is 19.1 Å². The maximum absolute atomic E-state index is 12.8. The van der Waals surface area contributed by atoms with Gasteiger partial charge in [0.2, 0.25) is 11.8 Å². The Labute approximate surface area is 161 Å². The number of methoxy groups -OCH3 is 1. The van der Waals surface area contributed by atoms with Gasteiger partial charge in [-0.2, -0.15) is 0 Å². The lowest BCUT2D eigenvalue weighted by Gasteiger charge is -2.29. The summed E-state index contributed by atoms with van der Waals surface area (Å²) < 4.78 is 5.14. The standard InChI is InChI=1S/C20H31N3O4/c1-27-13-12-23-17-7-3-2-6-15(17)16(20(23)26)14-18(24)21-9-5-11-22-10-4-8-19(22)25/h17H,2-14H2,1H3,(H,21,24). The molecule has 7 nitrogen and oxygen atoms in total. The maximum Gasteiger partial charge on any atom is 0.250 e. The number of ether oxygens (including phenoxy) is 1. The van der Waals surface area contributed by atoms with E-state index < -0.39 is 0 Å². The molecule has 2 heterocycles. The van der Waals surface area contributed by atoms with E-state index in [1.807, 2.05) is 9.80 Å². The van der Waals surface area contributed by atoms with Gasteiger partial charge in [0.15, 0.2) is 0 Å². The fraction of sp³-hybridized carbons (Fsp3) is 0.750. The fourth-order valence-electron chi connectivity index (χ4n) is 4.44. The number of nitrogens with zero attached hydrogens (tertiary/aromatic N) is 2. The highest BCUT2D eigenvalue weighted by atomic mass is 16.5. The first kappa shape index (κ1) is 19.9. The zero-order valence-electron chi connectivity index (χ0n) is 16.3. The first-order chi connectivity index (χ1) is 13.1. The van der Waals surface area contributed by atoms with E-state index in [9.17, 15) is 14.4 Å². The van der Waals surface area contributed by atoms with Gasteiger partial charge in [0.25, 0.3) is 5.91 Å². The van der Waals surface area contributed by atoms with Crippen LogP contribution in [0.25, 0.3) is 0 Å². The average Bonchev–Trinajstić information content (AvgIpc) is 3.19. The van der Waals surface area contributed by atoms with Gasteiger partial charge in [0.1, 0.15) is 0 Å². The smallest absolute Gasteiger partial charge is 0.250 e. The largest absolute Gasteiger partial charge is 0.383 e. The molecule has 1 saturated heterocycles. The number of hydrogen-bond acceptors (Lipinski definition) is 4. The van der Waals surface area contributed by atoms with Gasteiger partial charge in [-0.3, -0.25) is 14.4 Å². The third-order valence-corrected chi connectivity index (χ3v) is 5.83. The molecule has 27 heavy (non-hydrogen) atoms. The minimum absolute atomic E-state index is 0.00626. The SMILES string of the molecule is COCCN1C(=O)C(CC(=O)NCCCN2CCCC2=O)=C2CCCCC21. The molecule has 1 N–H and O–H groups in total. The second kappa shape index (κ2) is 9.35. The maximum atomic E-state index is 12.8. The zero-order valence-corrected chi connectivity index (χ0v) is 16.3. The van der Waals surface area contributed by atoms with Crippen molar-refractivity contribution in [2.45, 2.75) is 57.4 Å². The van der Waals surface area contributed by atoms with Gasteiger partial charge in [-0.25, -0.2) is 0 Å². The number of hydrogen-bond donors (Lipinski definition) is 1. The summed E-state index contributed by atoms with van der Waals surface area (Å²) in [6.07, 6.45) is 6.61. The van der Waals surface area contributed by atoms with Crippen molar-refractivity contribution in [1.82, 2.24) is 15.1 Å². The van der Waals surface area contributed by atoms with E-state index in [2.05, 4.69) is 5.32 Å². The number of likely N-dealkylation sites (tertiary alicyclic amines) is 1. The number of nitrogens with one attached hydrogen (secondary N) is 1. The molecule has 3 aliphatic rings. The second-order valence-electron chi connectivity index (χ2n) is 7.62. The molecular formula is C20H31N3O4. The van der Waals surface area contributed by atoms with Crippen LogP contribution in [0, 0.1) is 0 Å². The Morgan fingerprint density at radius 1 is 1.19 bits per heavy atom. The van der Waals surface area contributed by atoms with E-state index in [0.29, 0.717) is 38.2 Å². The van der Waals surface area contributed by atoms with Gasteiger partial charge in [-0.05, 0) is 37.7 Å². The molecule has 0 radical (unpaired) electrons. The van der Waals surface area contributed by atoms with Crippen LogP contribution in [-0.4, -0.2) is 73.5 Å². The third kappa shape index (κ3) is 4.69. The molecule has 0 aromatic rings. The summed E-state index contributed by atoms with van der Waals surface area (Å²) in [6.45, 7) is 3.16. The monoisotopic (exact) mass is 377 g/mol.